The van der Waals surface area contributed by atoms with E-state index < -0.39 is 17.7 Å². The van der Waals surface area contributed by atoms with E-state index in [1.807, 2.05) is 54.7 Å². The number of aryl methyl sites for hydroxylation is 1. The Hall–Kier alpha value is -3.83. The topological polar surface area (TPSA) is 73.4 Å². The number of hydrogen-bond acceptors (Lipinski definition) is 3. The molecule has 1 unspecified atom stereocenters. The van der Waals surface area contributed by atoms with Crippen molar-refractivity contribution < 1.29 is 14.7 Å². The first-order valence-electron chi connectivity index (χ1n) is 11.7. The van der Waals surface area contributed by atoms with Crippen LogP contribution in [-0.2, 0) is 22.4 Å². The number of halogens is 1. The van der Waals surface area contributed by atoms with Crippen LogP contribution >= 0.6 is 11.6 Å². The van der Waals surface area contributed by atoms with Gasteiger partial charge in [-0.2, -0.15) is 0 Å². The quantitative estimate of drug-likeness (QED) is 0.199. The van der Waals surface area contributed by atoms with Crippen LogP contribution in [0.1, 0.15) is 35.2 Å². The van der Waals surface area contributed by atoms with Crippen molar-refractivity contribution in [1.29, 1.82) is 0 Å². The lowest BCUT2D eigenvalue weighted by Gasteiger charge is -2.25. The number of para-hydroxylation sites is 1. The summed E-state index contributed by atoms with van der Waals surface area (Å²) in [6, 6.07) is 21.8. The summed E-state index contributed by atoms with van der Waals surface area (Å²) in [7, 11) is 0. The number of benzene rings is 3. The van der Waals surface area contributed by atoms with Crippen molar-refractivity contribution in [3.8, 4) is 0 Å². The Balaban J connectivity index is 1.56. The highest BCUT2D eigenvalue weighted by molar-refractivity contribution is 6.46. The van der Waals surface area contributed by atoms with Crippen molar-refractivity contribution in [3.63, 3.8) is 0 Å². The second kappa shape index (κ2) is 9.43. The summed E-state index contributed by atoms with van der Waals surface area (Å²) in [5, 5.41) is 12.8. The number of hydrogen-bond donors (Lipinski definition) is 2. The molecule has 0 saturated carbocycles. The summed E-state index contributed by atoms with van der Waals surface area (Å²) in [6.45, 7) is 2.41. The number of amides is 1. The molecule has 6 heteroatoms. The first-order valence-corrected chi connectivity index (χ1v) is 12.0. The Morgan fingerprint density at radius 3 is 2.43 bits per heavy atom. The Morgan fingerprint density at radius 1 is 1.00 bits per heavy atom. The van der Waals surface area contributed by atoms with Gasteiger partial charge in [-0.3, -0.25) is 9.59 Å². The van der Waals surface area contributed by atoms with Crippen LogP contribution in [-0.4, -0.2) is 33.2 Å². The van der Waals surface area contributed by atoms with Crippen LogP contribution in [0.3, 0.4) is 0 Å². The fourth-order valence-corrected chi connectivity index (χ4v) is 4.86. The van der Waals surface area contributed by atoms with E-state index in [2.05, 4.69) is 11.9 Å². The molecule has 3 aromatic carbocycles. The van der Waals surface area contributed by atoms with Crippen LogP contribution in [0.4, 0.5) is 0 Å². The minimum Gasteiger partial charge on any atom is -0.507 e. The minimum atomic E-state index is -0.680. The zero-order valence-corrected chi connectivity index (χ0v) is 20.0. The fourth-order valence-electron chi connectivity index (χ4n) is 4.74. The van der Waals surface area contributed by atoms with E-state index in [4.69, 9.17) is 11.6 Å². The number of aromatic nitrogens is 1. The lowest BCUT2D eigenvalue weighted by molar-refractivity contribution is -0.139. The second-order valence-corrected chi connectivity index (χ2v) is 9.14. The molecule has 1 fully saturated rings. The third-order valence-electron chi connectivity index (χ3n) is 6.66. The van der Waals surface area contributed by atoms with Crippen LogP contribution < -0.4 is 0 Å². The molecule has 1 aromatic heterocycles. The zero-order valence-electron chi connectivity index (χ0n) is 19.3. The van der Waals surface area contributed by atoms with E-state index >= 15 is 0 Å². The number of aliphatic hydroxyl groups is 1. The maximum Gasteiger partial charge on any atom is 0.295 e. The van der Waals surface area contributed by atoms with Crippen LogP contribution in [0.2, 0.25) is 5.02 Å². The number of aromatic amines is 1. The van der Waals surface area contributed by atoms with E-state index in [-0.39, 0.29) is 11.3 Å². The first kappa shape index (κ1) is 22.9. The average molecular weight is 485 g/mol. The smallest absolute Gasteiger partial charge is 0.295 e. The Kier molecular flexibility index (Phi) is 6.18. The van der Waals surface area contributed by atoms with Gasteiger partial charge in [0.15, 0.2) is 0 Å². The number of carbonyl (C=O) groups is 2. The predicted octanol–water partition coefficient (Wildman–Crippen LogP) is 6.05. The summed E-state index contributed by atoms with van der Waals surface area (Å²) in [4.78, 5) is 31.3. The molecule has 1 saturated heterocycles. The van der Waals surface area contributed by atoms with Gasteiger partial charge < -0.3 is 15.0 Å². The summed E-state index contributed by atoms with van der Waals surface area (Å²) in [6.07, 6.45) is 3.40. The molecule has 2 N–H and O–H groups in total. The normalized spacial score (nSPS) is 17.4. The number of nitrogens with one attached hydrogen (secondary N) is 1. The van der Waals surface area contributed by atoms with E-state index in [1.54, 1.807) is 29.2 Å². The number of Topliss-reactive ketones (excluding diaryl/α,β-unsaturated/α-hetero) is 1. The van der Waals surface area contributed by atoms with Crippen molar-refractivity contribution in [2.75, 3.05) is 6.54 Å². The first-order chi connectivity index (χ1) is 17.0. The molecule has 4 aromatic rings. The molecule has 5 nitrogen and oxygen atoms in total. The van der Waals surface area contributed by atoms with Gasteiger partial charge in [-0.15, -0.1) is 0 Å². The molecule has 0 spiro atoms. The Labute approximate surface area is 208 Å². The fraction of sp³-hybridized carbons (Fsp3) is 0.172. The highest BCUT2D eigenvalue weighted by Crippen LogP contribution is 2.39. The molecule has 1 atom stereocenters. The predicted molar refractivity (Wildman–Crippen MR) is 138 cm³/mol. The average Bonchev–Trinajstić information content (AvgIpc) is 3.41. The molecule has 1 amide bonds. The lowest BCUT2D eigenvalue weighted by atomic mass is 9.94. The summed E-state index contributed by atoms with van der Waals surface area (Å²) in [5.41, 5.74) is 4.58. The van der Waals surface area contributed by atoms with Crippen molar-refractivity contribution in [3.05, 3.63) is 112 Å². The van der Waals surface area contributed by atoms with Crippen LogP contribution in [0.15, 0.2) is 84.6 Å². The van der Waals surface area contributed by atoms with E-state index in [0.717, 1.165) is 34.0 Å². The second-order valence-electron chi connectivity index (χ2n) is 8.70. The molecular weight excluding hydrogens is 460 g/mol. The lowest BCUT2D eigenvalue weighted by Crippen LogP contribution is -2.31. The highest BCUT2D eigenvalue weighted by atomic mass is 35.5. The Bertz CT molecular complexity index is 1440. The van der Waals surface area contributed by atoms with Crippen molar-refractivity contribution in [1.82, 2.24) is 9.88 Å². The standard InChI is InChI=1S/C29H25ClN2O3/c1-2-18-7-9-19(10-8-18)26-25(27(33)20-11-13-22(30)14-12-20)28(34)29(35)32(26)16-15-21-17-31-24-6-4-3-5-23(21)24/h3-14,17,26,31,33H,2,15-16H2,1H3/b27-25+. The number of rotatable bonds is 6. The van der Waals surface area contributed by atoms with Gasteiger partial charge in [0.25, 0.3) is 11.7 Å². The number of fused-ring (bicyclic) bond motifs is 1. The van der Waals surface area contributed by atoms with Crippen molar-refractivity contribution >= 4 is 40.0 Å². The molecule has 1 aliphatic heterocycles. The molecule has 0 aliphatic carbocycles. The zero-order chi connectivity index (χ0) is 24.5. The van der Waals surface area contributed by atoms with Gasteiger partial charge in [0.1, 0.15) is 5.76 Å². The number of H-pyrrole nitrogens is 1. The van der Waals surface area contributed by atoms with E-state index in [0.29, 0.717) is 23.6 Å². The maximum atomic E-state index is 13.2. The van der Waals surface area contributed by atoms with Gasteiger partial charge in [-0.25, -0.2) is 0 Å². The largest absolute Gasteiger partial charge is 0.507 e. The summed E-state index contributed by atoms with van der Waals surface area (Å²) < 4.78 is 0. The van der Waals surface area contributed by atoms with Crippen LogP contribution in [0.5, 0.6) is 0 Å². The van der Waals surface area contributed by atoms with Gasteiger partial charge in [0, 0.05) is 34.2 Å². The maximum absolute atomic E-state index is 13.2. The van der Waals surface area contributed by atoms with E-state index in [9.17, 15) is 14.7 Å². The summed E-state index contributed by atoms with van der Waals surface area (Å²) in [5.74, 6) is -1.48. The number of likely N-dealkylation sites (tertiary alicyclic amines) is 1. The molecule has 2 heterocycles. The number of ketones is 1. The number of carbonyl (C=O) groups excluding carboxylic acids is 2. The molecule has 5 rings (SSSR count). The molecule has 35 heavy (non-hydrogen) atoms. The van der Waals surface area contributed by atoms with Gasteiger partial charge >= 0.3 is 0 Å². The molecule has 0 bridgehead atoms. The monoisotopic (exact) mass is 484 g/mol. The molecular formula is C29H25ClN2O3. The molecule has 176 valence electrons. The highest BCUT2D eigenvalue weighted by Gasteiger charge is 2.45. The van der Waals surface area contributed by atoms with Gasteiger partial charge in [0.05, 0.1) is 11.6 Å². The minimum absolute atomic E-state index is 0.0977. The van der Waals surface area contributed by atoms with Crippen LogP contribution in [0, 0.1) is 0 Å². The van der Waals surface area contributed by atoms with Gasteiger partial charge in [-0.1, -0.05) is 61.0 Å². The number of aliphatic hydroxyl groups excluding tert-OH is 1. The van der Waals surface area contributed by atoms with Gasteiger partial charge in [0.2, 0.25) is 0 Å². The third-order valence-corrected chi connectivity index (χ3v) is 6.91. The van der Waals surface area contributed by atoms with E-state index in [1.165, 1.54) is 0 Å². The number of nitrogens with zero attached hydrogens (tertiary/aromatic N) is 1. The summed E-state index contributed by atoms with van der Waals surface area (Å²) >= 11 is 6.01. The van der Waals surface area contributed by atoms with Crippen LogP contribution in [0.25, 0.3) is 16.7 Å². The Morgan fingerprint density at radius 2 is 1.71 bits per heavy atom. The third kappa shape index (κ3) is 4.24. The molecule has 1 aliphatic rings. The van der Waals surface area contributed by atoms with Gasteiger partial charge in [-0.05, 0) is 59.9 Å². The van der Waals surface area contributed by atoms with Crippen molar-refractivity contribution in [2.45, 2.75) is 25.8 Å². The molecule has 0 radical (unpaired) electrons. The van der Waals surface area contributed by atoms with Crippen molar-refractivity contribution in [2.24, 2.45) is 0 Å². The SMILES string of the molecule is CCc1ccc(C2/C(=C(\O)c3ccc(Cl)cc3)C(=O)C(=O)N2CCc2c[nH]c3ccccc23)cc1.